The number of imidazole rings is 1. The van der Waals surface area contributed by atoms with Crippen LogP contribution >= 0.6 is 11.3 Å². The molecule has 0 spiro atoms. The molecule has 2 aromatic heterocycles. The van der Waals surface area contributed by atoms with Crippen molar-refractivity contribution in [2.45, 2.75) is 32.9 Å². The molecule has 0 aliphatic carbocycles. The SMILES string of the molecule is CN=C(NCc1ccc(-n2ccnc2)c(F)c1)NC(C)Cc1ccc(C)s1. The zero-order chi connectivity index (χ0) is 19.2. The Morgan fingerprint density at radius 2 is 2.19 bits per heavy atom. The van der Waals surface area contributed by atoms with Gasteiger partial charge in [-0.25, -0.2) is 9.37 Å². The van der Waals surface area contributed by atoms with Crippen molar-refractivity contribution in [1.82, 2.24) is 20.2 Å². The molecule has 1 aromatic carbocycles. The molecule has 142 valence electrons. The molecule has 27 heavy (non-hydrogen) atoms. The molecule has 0 radical (unpaired) electrons. The summed E-state index contributed by atoms with van der Waals surface area (Å²) in [5, 5.41) is 6.63. The Morgan fingerprint density at radius 1 is 1.33 bits per heavy atom. The Bertz CT molecular complexity index is 901. The largest absolute Gasteiger partial charge is 0.354 e. The first-order valence-electron chi connectivity index (χ1n) is 8.84. The fraction of sp³-hybridized carbons (Fsp3) is 0.300. The lowest BCUT2D eigenvalue weighted by Crippen LogP contribution is -2.42. The Hall–Kier alpha value is -2.67. The first-order chi connectivity index (χ1) is 13.0. The lowest BCUT2D eigenvalue weighted by Gasteiger charge is -2.17. The summed E-state index contributed by atoms with van der Waals surface area (Å²) in [4.78, 5) is 10.9. The second kappa shape index (κ2) is 8.81. The van der Waals surface area contributed by atoms with Crippen LogP contribution in [-0.2, 0) is 13.0 Å². The highest BCUT2D eigenvalue weighted by molar-refractivity contribution is 7.11. The van der Waals surface area contributed by atoms with Gasteiger partial charge in [0.05, 0.1) is 12.0 Å². The Balaban J connectivity index is 1.55. The summed E-state index contributed by atoms with van der Waals surface area (Å²) >= 11 is 1.81. The number of aryl methyl sites for hydroxylation is 1. The van der Waals surface area contributed by atoms with Crippen LogP contribution in [-0.4, -0.2) is 28.6 Å². The van der Waals surface area contributed by atoms with E-state index < -0.39 is 0 Å². The van der Waals surface area contributed by atoms with Crippen molar-refractivity contribution in [2.75, 3.05) is 7.05 Å². The van der Waals surface area contributed by atoms with Crippen LogP contribution in [0.2, 0.25) is 0 Å². The molecule has 0 saturated heterocycles. The number of guanidine groups is 1. The van der Waals surface area contributed by atoms with Gasteiger partial charge in [0, 0.05) is 48.2 Å². The van der Waals surface area contributed by atoms with E-state index in [1.165, 1.54) is 15.8 Å². The number of hydrogen-bond donors (Lipinski definition) is 2. The second-order valence-corrected chi connectivity index (χ2v) is 7.82. The number of aliphatic imine (C=N–C) groups is 1. The second-order valence-electron chi connectivity index (χ2n) is 6.44. The van der Waals surface area contributed by atoms with Gasteiger partial charge in [0.25, 0.3) is 0 Å². The number of nitrogens with one attached hydrogen (secondary N) is 2. The van der Waals surface area contributed by atoms with E-state index >= 15 is 0 Å². The molecule has 0 fully saturated rings. The molecule has 2 heterocycles. The number of halogens is 1. The lowest BCUT2D eigenvalue weighted by molar-refractivity contribution is 0.613. The highest BCUT2D eigenvalue weighted by Crippen LogP contribution is 2.17. The van der Waals surface area contributed by atoms with Gasteiger partial charge in [0.15, 0.2) is 5.96 Å². The van der Waals surface area contributed by atoms with Crippen LogP contribution in [0, 0.1) is 12.7 Å². The third kappa shape index (κ3) is 5.17. The van der Waals surface area contributed by atoms with Crippen molar-refractivity contribution in [1.29, 1.82) is 0 Å². The van der Waals surface area contributed by atoms with Gasteiger partial charge in [-0.05, 0) is 43.7 Å². The molecule has 1 atom stereocenters. The van der Waals surface area contributed by atoms with Gasteiger partial charge in [-0.2, -0.15) is 0 Å². The summed E-state index contributed by atoms with van der Waals surface area (Å²) in [6.07, 6.45) is 5.87. The summed E-state index contributed by atoms with van der Waals surface area (Å²) in [6, 6.07) is 9.74. The normalized spacial score (nSPS) is 12.8. The topological polar surface area (TPSA) is 54.2 Å². The maximum atomic E-state index is 14.4. The van der Waals surface area contributed by atoms with E-state index in [1.807, 2.05) is 17.4 Å². The fourth-order valence-electron chi connectivity index (χ4n) is 2.83. The number of rotatable bonds is 6. The van der Waals surface area contributed by atoms with Crippen LogP contribution in [0.1, 0.15) is 22.2 Å². The van der Waals surface area contributed by atoms with Crippen LogP contribution in [0.25, 0.3) is 5.69 Å². The molecule has 0 saturated carbocycles. The van der Waals surface area contributed by atoms with E-state index in [-0.39, 0.29) is 11.9 Å². The van der Waals surface area contributed by atoms with Crippen molar-refractivity contribution in [3.05, 3.63) is 70.2 Å². The van der Waals surface area contributed by atoms with Crippen LogP contribution < -0.4 is 10.6 Å². The third-order valence-electron chi connectivity index (χ3n) is 4.16. The van der Waals surface area contributed by atoms with Gasteiger partial charge in [0.2, 0.25) is 0 Å². The molecule has 0 bridgehead atoms. The van der Waals surface area contributed by atoms with Crippen LogP contribution in [0.15, 0.2) is 54.0 Å². The molecule has 1 unspecified atom stereocenters. The van der Waals surface area contributed by atoms with Gasteiger partial charge in [-0.3, -0.25) is 4.99 Å². The first-order valence-corrected chi connectivity index (χ1v) is 9.66. The van der Waals surface area contributed by atoms with Gasteiger partial charge < -0.3 is 15.2 Å². The molecular weight excluding hydrogens is 361 g/mol. The molecule has 3 rings (SSSR count). The minimum absolute atomic E-state index is 0.245. The Kier molecular flexibility index (Phi) is 6.24. The molecule has 0 aliphatic heterocycles. The van der Waals surface area contributed by atoms with E-state index in [0.717, 1.165) is 12.0 Å². The fourth-order valence-corrected chi connectivity index (χ4v) is 3.85. The van der Waals surface area contributed by atoms with E-state index in [1.54, 1.807) is 36.4 Å². The van der Waals surface area contributed by atoms with Crippen LogP contribution in [0.5, 0.6) is 0 Å². The molecule has 3 aromatic rings. The summed E-state index contributed by atoms with van der Waals surface area (Å²) in [5.74, 6) is 0.423. The van der Waals surface area contributed by atoms with Crippen LogP contribution in [0.4, 0.5) is 4.39 Å². The maximum absolute atomic E-state index is 14.4. The smallest absolute Gasteiger partial charge is 0.191 e. The molecule has 2 N–H and O–H groups in total. The zero-order valence-corrected chi connectivity index (χ0v) is 16.6. The Labute approximate surface area is 163 Å². The van der Waals surface area contributed by atoms with E-state index in [9.17, 15) is 4.39 Å². The van der Waals surface area contributed by atoms with Gasteiger partial charge >= 0.3 is 0 Å². The molecule has 5 nitrogen and oxygen atoms in total. The highest BCUT2D eigenvalue weighted by atomic mass is 32.1. The number of benzene rings is 1. The predicted octanol–water partition coefficient (Wildman–Crippen LogP) is 3.68. The van der Waals surface area contributed by atoms with Crippen LogP contribution in [0.3, 0.4) is 0 Å². The van der Waals surface area contributed by atoms with Gasteiger partial charge in [-0.1, -0.05) is 6.07 Å². The van der Waals surface area contributed by atoms with Gasteiger partial charge in [-0.15, -0.1) is 11.3 Å². The summed E-state index contributed by atoms with van der Waals surface area (Å²) < 4.78 is 16.0. The summed E-state index contributed by atoms with van der Waals surface area (Å²) in [6.45, 7) is 4.73. The van der Waals surface area contributed by atoms with Gasteiger partial charge in [0.1, 0.15) is 5.82 Å². The molecular formula is C20H24FN5S. The van der Waals surface area contributed by atoms with Crippen molar-refractivity contribution < 1.29 is 4.39 Å². The van der Waals surface area contributed by atoms with Crippen molar-refractivity contribution in [3.63, 3.8) is 0 Å². The number of hydrogen-bond acceptors (Lipinski definition) is 3. The Morgan fingerprint density at radius 3 is 2.81 bits per heavy atom. The van der Waals surface area contributed by atoms with E-state index in [4.69, 9.17) is 0 Å². The summed E-state index contributed by atoms with van der Waals surface area (Å²) in [7, 11) is 1.74. The third-order valence-corrected chi connectivity index (χ3v) is 5.19. The monoisotopic (exact) mass is 385 g/mol. The maximum Gasteiger partial charge on any atom is 0.191 e. The van der Waals surface area contributed by atoms with Crippen molar-refractivity contribution >= 4 is 17.3 Å². The number of nitrogens with zero attached hydrogens (tertiary/aromatic N) is 3. The standard InChI is InChI=1S/C20H24FN5S/c1-14(10-17-6-4-15(2)27-17)25-20(22-3)24-12-16-5-7-19(18(21)11-16)26-9-8-23-13-26/h4-9,11,13-14H,10,12H2,1-3H3,(H2,22,24,25). The van der Waals surface area contributed by atoms with Crippen molar-refractivity contribution in [3.8, 4) is 5.69 Å². The highest BCUT2D eigenvalue weighted by Gasteiger charge is 2.09. The average molecular weight is 386 g/mol. The average Bonchev–Trinajstić information content (AvgIpc) is 3.30. The van der Waals surface area contributed by atoms with Crippen molar-refractivity contribution in [2.24, 2.45) is 4.99 Å². The number of thiophene rings is 1. The first kappa shape index (κ1) is 19.1. The molecule has 0 aliphatic rings. The molecule has 0 amide bonds. The van der Waals surface area contributed by atoms with E-state index in [0.29, 0.717) is 18.2 Å². The minimum Gasteiger partial charge on any atom is -0.354 e. The molecule has 7 heteroatoms. The quantitative estimate of drug-likeness (QED) is 0.503. The van der Waals surface area contributed by atoms with E-state index in [2.05, 4.69) is 46.6 Å². The zero-order valence-electron chi connectivity index (χ0n) is 15.7. The predicted molar refractivity (Wildman–Crippen MR) is 109 cm³/mol. The number of aromatic nitrogens is 2. The lowest BCUT2D eigenvalue weighted by atomic mass is 10.2. The minimum atomic E-state index is -0.281. The summed E-state index contributed by atoms with van der Waals surface area (Å²) in [5.41, 5.74) is 1.33.